The van der Waals surface area contributed by atoms with Gasteiger partial charge in [0.25, 0.3) is 0 Å². The van der Waals surface area contributed by atoms with Crippen molar-refractivity contribution in [3.8, 4) is 17.3 Å². The van der Waals surface area contributed by atoms with Gasteiger partial charge in [-0.1, -0.05) is 42.5 Å². The number of nitrogens with one attached hydrogen (secondary N) is 1. The number of pyridine rings is 2. The topological polar surface area (TPSA) is 76.1 Å². The van der Waals surface area contributed by atoms with Crippen molar-refractivity contribution in [1.29, 1.82) is 0 Å². The van der Waals surface area contributed by atoms with Crippen LogP contribution in [0.3, 0.4) is 0 Å². The molecule has 2 aromatic carbocycles. The fourth-order valence-corrected chi connectivity index (χ4v) is 6.02. The van der Waals surface area contributed by atoms with Crippen LogP contribution < -0.4 is 15.0 Å². The van der Waals surface area contributed by atoms with Crippen LogP contribution in [-0.4, -0.2) is 51.7 Å². The fourth-order valence-electron chi connectivity index (χ4n) is 6.02. The summed E-state index contributed by atoms with van der Waals surface area (Å²) >= 11 is 0. The molecule has 7 rings (SSSR count). The van der Waals surface area contributed by atoms with Crippen LogP contribution in [0.15, 0.2) is 67.1 Å². The molecule has 2 saturated heterocycles. The summed E-state index contributed by atoms with van der Waals surface area (Å²) in [6.07, 6.45) is 8.21. The first-order chi connectivity index (χ1) is 19.1. The van der Waals surface area contributed by atoms with Crippen molar-refractivity contribution in [2.75, 3.05) is 24.6 Å². The lowest BCUT2D eigenvalue weighted by Crippen LogP contribution is -2.51. The molecule has 0 spiro atoms. The molecular formula is C31H29FN6O. The molecule has 0 amide bonds. The highest BCUT2D eigenvalue weighted by molar-refractivity contribution is 6.00. The normalized spacial score (nSPS) is 18.7. The highest BCUT2D eigenvalue weighted by atomic mass is 19.1. The van der Waals surface area contributed by atoms with E-state index in [1.165, 1.54) is 0 Å². The molecule has 2 fully saturated rings. The van der Waals surface area contributed by atoms with Gasteiger partial charge >= 0.3 is 6.01 Å². The predicted octanol–water partition coefficient (Wildman–Crippen LogP) is 5.25. The lowest BCUT2D eigenvalue weighted by atomic mass is 9.97. The first-order valence-electron chi connectivity index (χ1n) is 13.5. The van der Waals surface area contributed by atoms with Gasteiger partial charge in [-0.3, -0.25) is 9.97 Å². The van der Waals surface area contributed by atoms with Crippen molar-refractivity contribution in [1.82, 2.24) is 25.3 Å². The van der Waals surface area contributed by atoms with E-state index in [1.54, 1.807) is 12.4 Å². The van der Waals surface area contributed by atoms with E-state index in [0.717, 1.165) is 53.4 Å². The number of aryl methyl sites for hydroxylation is 1. The van der Waals surface area contributed by atoms with E-state index in [9.17, 15) is 0 Å². The molecule has 0 radical (unpaired) electrons. The first kappa shape index (κ1) is 23.9. The van der Waals surface area contributed by atoms with Crippen molar-refractivity contribution < 1.29 is 9.13 Å². The number of hydrogen-bond acceptors (Lipinski definition) is 7. The number of piperazine rings is 1. The zero-order valence-corrected chi connectivity index (χ0v) is 21.8. The van der Waals surface area contributed by atoms with Gasteiger partial charge in [-0.05, 0) is 47.7 Å². The van der Waals surface area contributed by atoms with Gasteiger partial charge in [0.15, 0.2) is 5.82 Å². The Kier molecular flexibility index (Phi) is 6.04. The number of rotatable bonds is 6. The standard InChI is InChI=1S/C31H29FN6O/c1-19-5-2-7-21-8-3-9-24(26(19)21)28-27(32)29-25(16-34-28)30(38-17-22-10-11-23(18-38)35-22)37-31(36-29)39-14-12-20-6-4-13-33-15-20/h2-9,13,15-16,22-23,35H,10-12,14,17-18H2,1H3/t22-,23+. The van der Waals surface area contributed by atoms with Gasteiger partial charge < -0.3 is 15.0 Å². The van der Waals surface area contributed by atoms with E-state index in [4.69, 9.17) is 9.72 Å². The fraction of sp³-hybridized carbons (Fsp3) is 0.290. The average Bonchev–Trinajstić information content (AvgIpc) is 3.30. The van der Waals surface area contributed by atoms with Crippen molar-refractivity contribution in [2.24, 2.45) is 0 Å². The minimum atomic E-state index is -0.456. The Morgan fingerprint density at radius 2 is 1.82 bits per heavy atom. The van der Waals surface area contributed by atoms with Gasteiger partial charge in [0.1, 0.15) is 17.0 Å². The Labute approximate surface area is 226 Å². The Morgan fingerprint density at radius 3 is 2.62 bits per heavy atom. The molecule has 2 aliphatic rings. The Bertz CT molecular complexity index is 1660. The highest BCUT2D eigenvalue weighted by Gasteiger charge is 2.34. The summed E-state index contributed by atoms with van der Waals surface area (Å²) in [6.45, 7) is 4.02. The van der Waals surface area contributed by atoms with Crippen LogP contribution in [-0.2, 0) is 6.42 Å². The molecule has 196 valence electrons. The second-order valence-electron chi connectivity index (χ2n) is 10.5. The second-order valence-corrected chi connectivity index (χ2v) is 10.5. The van der Waals surface area contributed by atoms with Gasteiger partial charge in [0, 0.05) is 55.7 Å². The Balaban J connectivity index is 1.33. The number of ether oxygens (including phenoxy) is 1. The minimum absolute atomic E-state index is 0.178. The van der Waals surface area contributed by atoms with Crippen LogP contribution in [0.2, 0.25) is 0 Å². The largest absolute Gasteiger partial charge is 0.463 e. The van der Waals surface area contributed by atoms with Gasteiger partial charge in [0.2, 0.25) is 0 Å². The molecule has 0 saturated carbocycles. The van der Waals surface area contributed by atoms with Gasteiger partial charge in [-0.15, -0.1) is 0 Å². The lowest BCUT2D eigenvalue weighted by molar-refractivity contribution is 0.297. The third-order valence-corrected chi connectivity index (χ3v) is 7.87. The van der Waals surface area contributed by atoms with E-state index in [1.807, 2.05) is 61.7 Å². The molecule has 3 aromatic heterocycles. The maximum atomic E-state index is 16.4. The van der Waals surface area contributed by atoms with Crippen LogP contribution in [0.1, 0.15) is 24.0 Å². The summed E-state index contributed by atoms with van der Waals surface area (Å²) in [4.78, 5) is 20.5. The number of anilines is 1. The zero-order chi connectivity index (χ0) is 26.3. The van der Waals surface area contributed by atoms with Crippen LogP contribution in [0, 0.1) is 12.7 Å². The van der Waals surface area contributed by atoms with Gasteiger partial charge in [-0.25, -0.2) is 4.39 Å². The van der Waals surface area contributed by atoms with Crippen LogP contribution in [0.5, 0.6) is 6.01 Å². The SMILES string of the molecule is Cc1cccc2cccc(-c3ncc4c(N5C[C@H]6CC[C@@H](C5)N6)nc(OCCc5cccnc5)nc4c3F)c12. The molecule has 2 atom stereocenters. The molecule has 7 nitrogen and oxygen atoms in total. The number of aromatic nitrogens is 4. The quantitative estimate of drug-likeness (QED) is 0.328. The molecule has 8 heteroatoms. The van der Waals surface area contributed by atoms with Gasteiger partial charge in [0.05, 0.1) is 12.0 Å². The van der Waals surface area contributed by atoms with E-state index in [2.05, 4.69) is 25.2 Å². The molecule has 2 aliphatic heterocycles. The maximum Gasteiger partial charge on any atom is 0.319 e. The number of halogens is 1. The Hall–Kier alpha value is -4.17. The van der Waals surface area contributed by atoms with Crippen molar-refractivity contribution in [2.45, 2.75) is 38.3 Å². The maximum absolute atomic E-state index is 16.4. The van der Waals surface area contributed by atoms with E-state index in [0.29, 0.717) is 36.3 Å². The molecular weight excluding hydrogens is 491 g/mol. The van der Waals surface area contributed by atoms with E-state index in [-0.39, 0.29) is 17.2 Å². The van der Waals surface area contributed by atoms with E-state index < -0.39 is 5.82 Å². The number of hydrogen-bond donors (Lipinski definition) is 1. The number of benzene rings is 2. The van der Waals surface area contributed by atoms with Crippen molar-refractivity contribution in [3.63, 3.8) is 0 Å². The molecule has 0 unspecified atom stereocenters. The monoisotopic (exact) mass is 520 g/mol. The summed E-state index contributed by atoms with van der Waals surface area (Å²) in [5.41, 5.74) is 3.40. The Morgan fingerprint density at radius 1 is 1.00 bits per heavy atom. The molecule has 2 bridgehead atoms. The molecule has 5 aromatic rings. The third-order valence-electron chi connectivity index (χ3n) is 7.87. The third kappa shape index (κ3) is 4.44. The highest BCUT2D eigenvalue weighted by Crippen LogP contribution is 2.36. The van der Waals surface area contributed by atoms with E-state index >= 15 is 4.39 Å². The lowest BCUT2D eigenvalue weighted by Gasteiger charge is -2.34. The summed E-state index contributed by atoms with van der Waals surface area (Å²) in [7, 11) is 0. The predicted molar refractivity (Wildman–Crippen MR) is 151 cm³/mol. The summed E-state index contributed by atoms with van der Waals surface area (Å²) in [6, 6.07) is 16.9. The van der Waals surface area contributed by atoms with Crippen LogP contribution >= 0.6 is 0 Å². The van der Waals surface area contributed by atoms with Crippen LogP contribution in [0.25, 0.3) is 32.9 Å². The van der Waals surface area contributed by atoms with Gasteiger partial charge in [-0.2, -0.15) is 9.97 Å². The second kappa shape index (κ2) is 9.85. The van der Waals surface area contributed by atoms with Crippen molar-refractivity contribution in [3.05, 3.63) is 84.1 Å². The summed E-state index contributed by atoms with van der Waals surface area (Å²) < 4.78 is 22.5. The minimum Gasteiger partial charge on any atom is -0.463 e. The molecule has 5 heterocycles. The average molecular weight is 521 g/mol. The summed E-state index contributed by atoms with van der Waals surface area (Å²) in [5.74, 6) is 0.226. The first-order valence-corrected chi connectivity index (χ1v) is 13.5. The smallest absolute Gasteiger partial charge is 0.319 e. The number of nitrogens with zero attached hydrogens (tertiary/aromatic N) is 5. The molecule has 39 heavy (non-hydrogen) atoms. The summed E-state index contributed by atoms with van der Waals surface area (Å²) in [5, 5.41) is 6.30. The van der Waals surface area contributed by atoms with Crippen molar-refractivity contribution >= 4 is 27.5 Å². The zero-order valence-electron chi connectivity index (χ0n) is 21.8. The van der Waals surface area contributed by atoms with Crippen LogP contribution in [0.4, 0.5) is 10.2 Å². The molecule has 0 aliphatic carbocycles. The number of fused-ring (bicyclic) bond motifs is 4. The molecule has 1 N–H and O–H groups in total.